The molecule has 24 heavy (non-hydrogen) atoms. The van der Waals surface area contributed by atoms with Gasteiger partial charge in [0.05, 0.1) is 0 Å². The molecule has 4 nitrogen and oxygen atoms in total. The van der Waals surface area contributed by atoms with Crippen LogP contribution in [-0.4, -0.2) is 13.9 Å². The van der Waals surface area contributed by atoms with Crippen molar-refractivity contribution in [2.45, 2.75) is 12.4 Å². The first-order chi connectivity index (χ1) is 11.2. The third-order valence-corrected chi connectivity index (χ3v) is 4.52. The average Bonchev–Trinajstić information content (AvgIpc) is 2.89. The van der Waals surface area contributed by atoms with Crippen LogP contribution in [0.25, 0.3) is 22.3 Å². The number of rotatable bonds is 3. The summed E-state index contributed by atoms with van der Waals surface area (Å²) in [6.45, 7) is 1.95. The van der Waals surface area contributed by atoms with Crippen LogP contribution in [0.1, 0.15) is 5.56 Å². The highest BCUT2D eigenvalue weighted by molar-refractivity contribution is 7.93. The molecule has 0 fully saturated rings. The highest BCUT2D eigenvalue weighted by atomic mass is 32.2. The Labute approximate surface area is 136 Å². The first-order valence-corrected chi connectivity index (χ1v) is 8.34. The van der Waals surface area contributed by atoms with Gasteiger partial charge in [0.2, 0.25) is 0 Å². The smallest absolute Gasteiger partial charge is 0.456 e. The van der Waals surface area contributed by atoms with Crippen LogP contribution in [-0.2, 0) is 10.0 Å². The Kier molecular flexibility index (Phi) is 3.79. The Morgan fingerprint density at radius 3 is 2.29 bits per heavy atom. The molecule has 0 spiro atoms. The van der Waals surface area contributed by atoms with Crippen LogP contribution in [0, 0.1) is 6.92 Å². The van der Waals surface area contributed by atoms with E-state index in [2.05, 4.69) is 0 Å². The number of furan rings is 1. The lowest BCUT2D eigenvalue weighted by molar-refractivity contribution is -0.0429. The molecule has 3 rings (SSSR count). The van der Waals surface area contributed by atoms with Gasteiger partial charge in [-0.05, 0) is 31.2 Å². The normalized spacial score (nSPS) is 12.5. The molecule has 0 atom stereocenters. The average molecular weight is 355 g/mol. The summed E-state index contributed by atoms with van der Waals surface area (Å²) in [4.78, 5) is 0. The first-order valence-electron chi connectivity index (χ1n) is 6.85. The summed E-state index contributed by atoms with van der Waals surface area (Å²) >= 11 is 0. The van der Waals surface area contributed by atoms with Crippen LogP contribution >= 0.6 is 0 Å². The molecule has 0 aliphatic heterocycles. The summed E-state index contributed by atoms with van der Waals surface area (Å²) in [6.07, 6.45) is 0. The van der Waals surface area contributed by atoms with Gasteiger partial charge in [-0.2, -0.15) is 21.6 Å². The molecule has 0 unspecified atom stereocenters. The second kappa shape index (κ2) is 5.55. The monoisotopic (exact) mass is 355 g/mol. The molecule has 1 heterocycles. The Hall–Kier alpha value is -2.48. The van der Waals surface area contributed by atoms with E-state index in [1.165, 1.54) is 22.9 Å². The summed E-state index contributed by atoms with van der Waals surface area (Å²) in [5.74, 6) is 0.542. The molecule has 0 saturated carbocycles. The van der Waals surface area contributed by atoms with Gasteiger partial charge < -0.3 is 4.42 Å². The number of hydrogen-bond acceptors (Lipinski definition) is 3. The van der Waals surface area contributed by atoms with Gasteiger partial charge in [0.1, 0.15) is 11.3 Å². The minimum absolute atomic E-state index is 0.184. The Morgan fingerprint density at radius 1 is 1.00 bits per heavy atom. The first kappa shape index (κ1) is 16.4. The molecule has 0 aliphatic rings. The van der Waals surface area contributed by atoms with Gasteiger partial charge >= 0.3 is 15.5 Å². The van der Waals surface area contributed by atoms with Crippen LogP contribution in [0.2, 0.25) is 0 Å². The van der Waals surface area contributed by atoms with Crippen LogP contribution in [0.5, 0.6) is 0 Å². The van der Waals surface area contributed by atoms with Gasteiger partial charge in [-0.15, -0.1) is 0 Å². The minimum Gasteiger partial charge on any atom is -0.456 e. The molecule has 8 heteroatoms. The van der Waals surface area contributed by atoms with Crippen molar-refractivity contribution in [3.05, 3.63) is 54.1 Å². The number of aryl methyl sites for hydroxylation is 1. The molecule has 3 aromatic rings. The fraction of sp³-hybridized carbons (Fsp3) is 0.125. The highest BCUT2D eigenvalue weighted by Gasteiger charge is 2.46. The largest absolute Gasteiger partial charge is 0.516 e. The van der Waals surface area contributed by atoms with Crippen molar-refractivity contribution in [2.75, 3.05) is 4.72 Å². The number of alkyl halides is 3. The van der Waals surface area contributed by atoms with E-state index in [-0.39, 0.29) is 5.69 Å². The van der Waals surface area contributed by atoms with E-state index in [9.17, 15) is 21.6 Å². The van der Waals surface area contributed by atoms with Gasteiger partial charge in [-0.1, -0.05) is 29.8 Å². The Morgan fingerprint density at radius 2 is 1.67 bits per heavy atom. The topological polar surface area (TPSA) is 59.3 Å². The molecule has 126 valence electrons. The molecule has 0 aliphatic carbocycles. The highest BCUT2D eigenvalue weighted by Crippen LogP contribution is 2.31. The third kappa shape index (κ3) is 3.09. The zero-order valence-electron chi connectivity index (χ0n) is 12.4. The fourth-order valence-corrected chi connectivity index (χ4v) is 2.73. The van der Waals surface area contributed by atoms with E-state index in [0.29, 0.717) is 16.7 Å². The van der Waals surface area contributed by atoms with Gasteiger partial charge in [0, 0.05) is 16.6 Å². The van der Waals surface area contributed by atoms with Crippen LogP contribution in [0.4, 0.5) is 18.9 Å². The van der Waals surface area contributed by atoms with Gasteiger partial charge in [0.25, 0.3) is 0 Å². The predicted octanol–water partition coefficient (Wildman–Crippen LogP) is 4.67. The van der Waals surface area contributed by atoms with Gasteiger partial charge in [0.15, 0.2) is 0 Å². The number of anilines is 1. The second-order valence-corrected chi connectivity index (χ2v) is 6.95. The van der Waals surface area contributed by atoms with Crippen molar-refractivity contribution in [1.82, 2.24) is 0 Å². The molecule has 2 aromatic carbocycles. The van der Waals surface area contributed by atoms with Crippen LogP contribution in [0.3, 0.4) is 0 Å². The zero-order valence-corrected chi connectivity index (χ0v) is 13.2. The maximum atomic E-state index is 12.4. The summed E-state index contributed by atoms with van der Waals surface area (Å²) in [6, 6.07) is 13.1. The van der Waals surface area contributed by atoms with E-state index in [1.807, 2.05) is 31.2 Å². The van der Waals surface area contributed by atoms with Crippen molar-refractivity contribution < 1.29 is 26.0 Å². The molecule has 0 saturated heterocycles. The van der Waals surface area contributed by atoms with E-state index >= 15 is 0 Å². The quantitative estimate of drug-likeness (QED) is 0.743. The summed E-state index contributed by atoms with van der Waals surface area (Å²) in [7, 11) is -5.45. The number of nitrogens with one attached hydrogen (secondary N) is 1. The summed E-state index contributed by atoms with van der Waals surface area (Å²) in [5.41, 5.74) is -3.21. The van der Waals surface area contributed by atoms with E-state index in [0.717, 1.165) is 11.1 Å². The number of halogens is 3. The third-order valence-electron chi connectivity index (χ3n) is 3.41. The second-order valence-electron chi connectivity index (χ2n) is 5.28. The molecule has 1 aromatic heterocycles. The Balaban J connectivity index is 1.96. The van der Waals surface area contributed by atoms with Crippen molar-refractivity contribution in [3.8, 4) is 11.3 Å². The van der Waals surface area contributed by atoms with E-state index in [4.69, 9.17) is 4.42 Å². The van der Waals surface area contributed by atoms with Crippen molar-refractivity contribution in [1.29, 1.82) is 0 Å². The number of hydrogen-bond donors (Lipinski definition) is 1. The maximum absolute atomic E-state index is 12.4. The van der Waals surface area contributed by atoms with Crippen molar-refractivity contribution >= 4 is 26.7 Å². The maximum Gasteiger partial charge on any atom is 0.516 e. The number of sulfonamides is 1. The van der Waals surface area contributed by atoms with Crippen LogP contribution < -0.4 is 4.72 Å². The lowest BCUT2D eigenvalue weighted by Gasteiger charge is -2.10. The van der Waals surface area contributed by atoms with Gasteiger partial charge in [-0.25, -0.2) is 0 Å². The summed E-state index contributed by atoms with van der Waals surface area (Å²) in [5, 5.41) is 0.493. The molecular formula is C16H12F3NO3S. The summed E-state index contributed by atoms with van der Waals surface area (Å²) < 4.78 is 66.7. The number of fused-ring (bicyclic) bond motifs is 1. The SMILES string of the molecule is Cc1ccc(-c2cc3cc(NS(=O)(=O)C(F)(F)F)ccc3o2)cc1. The number of benzene rings is 2. The standard InChI is InChI=1S/C16H12F3NO3S/c1-10-2-4-11(5-3-10)15-9-12-8-13(6-7-14(12)23-15)20-24(21,22)16(17,18)19/h2-9,20H,1H3. The molecule has 1 N–H and O–H groups in total. The lowest BCUT2D eigenvalue weighted by Crippen LogP contribution is -2.29. The minimum atomic E-state index is -5.45. The van der Waals surface area contributed by atoms with Crippen molar-refractivity contribution in [3.63, 3.8) is 0 Å². The van der Waals surface area contributed by atoms with Crippen LogP contribution in [0.15, 0.2) is 52.9 Å². The molecular weight excluding hydrogens is 343 g/mol. The zero-order chi connectivity index (χ0) is 17.5. The van der Waals surface area contributed by atoms with E-state index < -0.39 is 15.5 Å². The van der Waals surface area contributed by atoms with Gasteiger partial charge in [-0.3, -0.25) is 4.72 Å². The van der Waals surface area contributed by atoms with E-state index in [1.54, 1.807) is 6.07 Å². The fourth-order valence-electron chi connectivity index (χ4n) is 2.18. The Bertz CT molecular complexity index is 990. The van der Waals surface area contributed by atoms with Crippen molar-refractivity contribution in [2.24, 2.45) is 0 Å². The molecule has 0 radical (unpaired) electrons. The predicted molar refractivity (Wildman–Crippen MR) is 85.0 cm³/mol. The lowest BCUT2D eigenvalue weighted by atomic mass is 10.1. The molecule has 0 bridgehead atoms. The molecule has 0 amide bonds.